The van der Waals surface area contributed by atoms with Gasteiger partial charge in [0.1, 0.15) is 22.9 Å². The van der Waals surface area contributed by atoms with Crippen molar-refractivity contribution >= 4 is 34.0 Å². The number of piperidine rings is 1. The quantitative estimate of drug-likeness (QED) is 0.181. The van der Waals surface area contributed by atoms with Gasteiger partial charge in [0.15, 0.2) is 0 Å². The average molecular weight is 751 g/mol. The van der Waals surface area contributed by atoms with Crippen molar-refractivity contribution in [2.45, 2.75) is 103 Å². The van der Waals surface area contributed by atoms with E-state index < -0.39 is 11.2 Å². The van der Waals surface area contributed by atoms with Gasteiger partial charge in [-0.25, -0.2) is 19.6 Å². The molecule has 4 heterocycles. The second-order valence-corrected chi connectivity index (χ2v) is 17.8. The minimum atomic E-state index is -0.543. The molecule has 2 N–H and O–H groups in total. The summed E-state index contributed by atoms with van der Waals surface area (Å²) < 4.78 is 11.5. The third-order valence-corrected chi connectivity index (χ3v) is 11.5. The Morgan fingerprint density at radius 1 is 0.696 bits per heavy atom. The van der Waals surface area contributed by atoms with Crippen LogP contribution in [0, 0.1) is 5.92 Å². The van der Waals surface area contributed by atoms with Crippen LogP contribution in [0.1, 0.15) is 97.4 Å². The molecular weight excluding hydrogens is 701 g/mol. The molecule has 2 amide bonds. The van der Waals surface area contributed by atoms with Crippen LogP contribution >= 0.6 is 0 Å². The predicted octanol–water partition coefficient (Wildman–Crippen LogP) is 11.0. The molecule has 10 nitrogen and oxygen atoms in total. The van der Waals surface area contributed by atoms with Gasteiger partial charge in [0.05, 0.1) is 35.0 Å². The first-order valence-corrected chi connectivity index (χ1v) is 20.0. The van der Waals surface area contributed by atoms with Crippen LogP contribution in [-0.4, -0.2) is 65.7 Å². The fourth-order valence-corrected chi connectivity index (χ4v) is 8.96. The van der Waals surface area contributed by atoms with Gasteiger partial charge in [0.25, 0.3) is 0 Å². The second-order valence-electron chi connectivity index (χ2n) is 17.8. The van der Waals surface area contributed by atoms with Crippen molar-refractivity contribution in [3.63, 3.8) is 0 Å². The smallest absolute Gasteiger partial charge is 0.411 e. The number of fused-ring (bicyclic) bond motifs is 4. The number of nitrogens with zero attached hydrogens (tertiary/aromatic N) is 4. The van der Waals surface area contributed by atoms with E-state index in [2.05, 4.69) is 88.8 Å². The Kier molecular flexibility index (Phi) is 8.71. The molecule has 1 aliphatic carbocycles. The third kappa shape index (κ3) is 6.90. The molecule has 4 aromatic carbocycles. The first-order valence-electron chi connectivity index (χ1n) is 20.0. The van der Waals surface area contributed by atoms with Crippen molar-refractivity contribution in [1.29, 1.82) is 0 Å². The first-order chi connectivity index (χ1) is 26.8. The normalized spacial score (nSPS) is 21.0. The van der Waals surface area contributed by atoms with Gasteiger partial charge in [0.2, 0.25) is 0 Å². The van der Waals surface area contributed by atoms with Gasteiger partial charge >= 0.3 is 12.2 Å². The van der Waals surface area contributed by atoms with Crippen LogP contribution in [-0.2, 0) is 9.47 Å². The highest BCUT2D eigenvalue weighted by atomic mass is 16.6. The number of carbonyl (C=O) groups excluding carboxylic acids is 2. The molecule has 0 radical (unpaired) electrons. The van der Waals surface area contributed by atoms with Crippen LogP contribution in [0.25, 0.3) is 55.3 Å². The van der Waals surface area contributed by atoms with Crippen LogP contribution in [0.2, 0.25) is 0 Å². The highest BCUT2D eigenvalue weighted by Crippen LogP contribution is 2.50. The molecule has 10 heteroatoms. The number of benzene rings is 4. The molecule has 9 rings (SSSR count). The van der Waals surface area contributed by atoms with Crippen molar-refractivity contribution in [2.75, 3.05) is 6.54 Å². The SMILES string of the molecule is CC(C)(C)OC(=O)N1CCC[C@H]1c1ncc(-c2ccc3cc(-c4ccc(-c5ccc6nc([C@@H]7[C@H]8CC[C@H](C8)N7C(=O)OC(C)(C)C)[nH]c6c5)cc4)ccc3c2)[nH]1. The van der Waals surface area contributed by atoms with E-state index in [1.54, 1.807) is 4.90 Å². The molecule has 0 unspecified atom stereocenters. The number of aromatic amines is 2. The Balaban J connectivity index is 0.903. The van der Waals surface area contributed by atoms with E-state index >= 15 is 0 Å². The molecule has 2 aliphatic heterocycles. The number of amides is 2. The Bertz CT molecular complexity index is 2450. The molecule has 3 fully saturated rings. The number of nitrogens with one attached hydrogen (secondary N) is 2. The zero-order valence-corrected chi connectivity index (χ0v) is 33.1. The minimum Gasteiger partial charge on any atom is -0.444 e. The van der Waals surface area contributed by atoms with Gasteiger partial charge in [-0.05, 0) is 137 Å². The molecule has 2 saturated heterocycles. The summed E-state index contributed by atoms with van der Waals surface area (Å²) in [7, 11) is 0. The molecule has 2 aromatic heterocycles. The van der Waals surface area contributed by atoms with Crippen molar-refractivity contribution in [3.05, 3.63) is 96.7 Å². The molecule has 1 saturated carbocycles. The summed E-state index contributed by atoms with van der Waals surface area (Å²) in [6, 6.07) is 28.1. The van der Waals surface area contributed by atoms with Crippen molar-refractivity contribution in [1.82, 2.24) is 29.7 Å². The fraction of sp³-hybridized carbons (Fsp3) is 0.391. The molecule has 4 atom stereocenters. The monoisotopic (exact) mass is 750 g/mol. The fourth-order valence-electron chi connectivity index (χ4n) is 8.96. The number of carbonyl (C=O) groups is 2. The van der Waals surface area contributed by atoms with Crippen molar-refractivity contribution in [3.8, 4) is 33.5 Å². The lowest BCUT2D eigenvalue weighted by molar-refractivity contribution is 0.00616. The van der Waals surface area contributed by atoms with E-state index in [1.165, 1.54) is 0 Å². The molecule has 0 spiro atoms. The van der Waals surface area contributed by atoms with Gasteiger partial charge in [-0.15, -0.1) is 0 Å². The summed E-state index contributed by atoms with van der Waals surface area (Å²) in [4.78, 5) is 46.7. The number of H-pyrrole nitrogens is 2. The summed E-state index contributed by atoms with van der Waals surface area (Å²) in [5.74, 6) is 2.03. The number of hydrogen-bond donors (Lipinski definition) is 2. The van der Waals surface area contributed by atoms with Crippen LogP contribution in [0.15, 0.2) is 85.1 Å². The van der Waals surface area contributed by atoms with E-state index in [4.69, 9.17) is 19.4 Å². The highest BCUT2D eigenvalue weighted by molar-refractivity contribution is 5.91. The average Bonchev–Trinajstić information content (AvgIpc) is 4.00. The lowest BCUT2D eigenvalue weighted by Gasteiger charge is -2.35. The van der Waals surface area contributed by atoms with Crippen molar-refractivity contribution < 1.29 is 19.1 Å². The lowest BCUT2D eigenvalue weighted by Crippen LogP contribution is -2.43. The summed E-state index contributed by atoms with van der Waals surface area (Å²) in [5, 5.41) is 2.30. The van der Waals surface area contributed by atoms with Crippen LogP contribution in [0.5, 0.6) is 0 Å². The van der Waals surface area contributed by atoms with E-state index in [1.807, 2.05) is 52.6 Å². The van der Waals surface area contributed by atoms with Gasteiger partial charge < -0.3 is 19.4 Å². The largest absolute Gasteiger partial charge is 0.444 e. The molecule has 3 aliphatic rings. The van der Waals surface area contributed by atoms with E-state index in [0.717, 1.165) is 99.1 Å². The van der Waals surface area contributed by atoms with E-state index in [0.29, 0.717) is 12.5 Å². The second kappa shape index (κ2) is 13.5. The van der Waals surface area contributed by atoms with Gasteiger partial charge in [-0.1, -0.05) is 54.6 Å². The lowest BCUT2D eigenvalue weighted by atomic mass is 9.97. The summed E-state index contributed by atoms with van der Waals surface area (Å²) in [5.41, 5.74) is 7.29. The number of hydrogen-bond acceptors (Lipinski definition) is 6. The van der Waals surface area contributed by atoms with Gasteiger partial charge in [-0.2, -0.15) is 0 Å². The summed E-state index contributed by atoms with van der Waals surface area (Å²) in [6.07, 6.45) is 6.22. The summed E-state index contributed by atoms with van der Waals surface area (Å²) >= 11 is 0. The Morgan fingerprint density at radius 2 is 1.32 bits per heavy atom. The maximum atomic E-state index is 13.3. The first kappa shape index (κ1) is 36.0. The zero-order chi connectivity index (χ0) is 38.9. The van der Waals surface area contributed by atoms with Gasteiger partial charge in [0, 0.05) is 18.2 Å². The number of aromatic nitrogens is 4. The molecule has 56 heavy (non-hydrogen) atoms. The number of rotatable bonds is 5. The number of imidazole rings is 2. The highest BCUT2D eigenvalue weighted by Gasteiger charge is 2.51. The van der Waals surface area contributed by atoms with Crippen LogP contribution in [0.4, 0.5) is 9.59 Å². The Morgan fingerprint density at radius 3 is 2.04 bits per heavy atom. The summed E-state index contributed by atoms with van der Waals surface area (Å²) in [6.45, 7) is 12.1. The zero-order valence-electron chi connectivity index (χ0n) is 33.1. The Labute approximate surface area is 327 Å². The Hall–Kier alpha value is -5.64. The molecule has 2 bridgehead atoms. The maximum absolute atomic E-state index is 13.3. The predicted molar refractivity (Wildman–Crippen MR) is 219 cm³/mol. The molecule has 288 valence electrons. The maximum Gasteiger partial charge on any atom is 0.411 e. The van der Waals surface area contributed by atoms with Crippen LogP contribution in [0.3, 0.4) is 0 Å². The van der Waals surface area contributed by atoms with Gasteiger partial charge in [-0.3, -0.25) is 9.80 Å². The number of ether oxygens (including phenoxy) is 2. The third-order valence-electron chi connectivity index (χ3n) is 11.5. The minimum absolute atomic E-state index is 0.0917. The van der Waals surface area contributed by atoms with E-state index in [-0.39, 0.29) is 30.3 Å². The topological polar surface area (TPSA) is 116 Å². The standard InChI is InChI=1S/C46H50N6O4/c1-45(2,3)55-43(53)51-21-7-8-39(51)41-47-26-38(50-41)33-16-15-30-22-29(13-14-31(30)23-33)27-9-11-28(12-10-27)32-18-20-36-37(25-32)49-42(48-36)40-34-17-19-35(24-34)52(40)44(54)56-46(4,5)6/h9-16,18,20,22-23,25-26,34-35,39-40H,7-8,17,19,21,24H2,1-6H3,(H,47,50)(H,48,49)/t34-,35+,39-,40-/m0/s1. The van der Waals surface area contributed by atoms with Crippen molar-refractivity contribution in [2.24, 2.45) is 5.92 Å². The molecule has 6 aromatic rings. The van der Waals surface area contributed by atoms with E-state index in [9.17, 15) is 9.59 Å². The van der Waals surface area contributed by atoms with Crippen LogP contribution < -0.4 is 0 Å². The molecular formula is C46H50N6O4. The number of likely N-dealkylation sites (tertiary alicyclic amines) is 2.